The molecule has 7 nitrogen and oxygen atoms in total. The number of nitrogens with zero attached hydrogens (tertiary/aromatic N) is 3. The van der Waals surface area contributed by atoms with E-state index in [0.29, 0.717) is 11.5 Å². The molecule has 0 spiro atoms. The molecular formula is C11H13N5O2. The number of hydroxylamine groups is 1. The Hall–Kier alpha value is -2.41. The minimum Gasteiger partial charge on any atom is -0.379 e. The number of nitrogens with one attached hydrogen (secondary N) is 1. The molecule has 1 aromatic heterocycles. The van der Waals surface area contributed by atoms with Gasteiger partial charge in [-0.15, -0.1) is 0 Å². The SMILES string of the molecule is CONC(=Nc1ccccc1C)c1nonc1N. The number of amidine groups is 1. The highest BCUT2D eigenvalue weighted by molar-refractivity contribution is 6.01. The fourth-order valence-corrected chi connectivity index (χ4v) is 1.39. The monoisotopic (exact) mass is 247 g/mol. The molecule has 0 saturated carbocycles. The minimum absolute atomic E-state index is 0.145. The molecule has 0 fully saturated rings. The Morgan fingerprint density at radius 2 is 2.17 bits per heavy atom. The normalized spacial score (nSPS) is 11.6. The van der Waals surface area contributed by atoms with Crippen molar-refractivity contribution in [2.24, 2.45) is 4.99 Å². The van der Waals surface area contributed by atoms with Gasteiger partial charge in [-0.05, 0) is 28.9 Å². The molecule has 7 heteroatoms. The highest BCUT2D eigenvalue weighted by Gasteiger charge is 2.14. The lowest BCUT2D eigenvalue weighted by atomic mass is 10.2. The lowest BCUT2D eigenvalue weighted by molar-refractivity contribution is 0.144. The van der Waals surface area contributed by atoms with E-state index < -0.39 is 0 Å². The summed E-state index contributed by atoms with van der Waals surface area (Å²) < 4.78 is 4.54. The molecule has 94 valence electrons. The van der Waals surface area contributed by atoms with Crippen LogP contribution in [0, 0.1) is 6.92 Å². The zero-order valence-electron chi connectivity index (χ0n) is 10.0. The van der Waals surface area contributed by atoms with Gasteiger partial charge in [0.2, 0.25) is 0 Å². The third kappa shape index (κ3) is 2.46. The van der Waals surface area contributed by atoms with Crippen LogP contribution in [0.25, 0.3) is 0 Å². The van der Waals surface area contributed by atoms with Crippen LogP contribution in [-0.2, 0) is 4.84 Å². The van der Waals surface area contributed by atoms with Crippen LogP contribution in [0.15, 0.2) is 33.9 Å². The molecule has 0 unspecified atom stereocenters. The maximum absolute atomic E-state index is 5.62. The van der Waals surface area contributed by atoms with Crippen molar-refractivity contribution in [1.29, 1.82) is 0 Å². The molecule has 18 heavy (non-hydrogen) atoms. The second-order valence-electron chi connectivity index (χ2n) is 3.55. The maximum Gasteiger partial charge on any atom is 0.199 e. The number of aromatic nitrogens is 2. The van der Waals surface area contributed by atoms with Gasteiger partial charge < -0.3 is 5.73 Å². The minimum atomic E-state index is 0.145. The molecule has 0 saturated heterocycles. The molecule has 0 radical (unpaired) electrons. The number of hydrogen-bond donors (Lipinski definition) is 2. The van der Waals surface area contributed by atoms with E-state index in [-0.39, 0.29) is 5.82 Å². The van der Waals surface area contributed by atoms with Crippen LogP contribution in [0.3, 0.4) is 0 Å². The first kappa shape index (κ1) is 12.1. The van der Waals surface area contributed by atoms with Crippen molar-refractivity contribution in [2.75, 3.05) is 12.8 Å². The van der Waals surface area contributed by atoms with Crippen molar-refractivity contribution in [3.8, 4) is 0 Å². The van der Waals surface area contributed by atoms with Crippen LogP contribution in [0.4, 0.5) is 11.5 Å². The van der Waals surface area contributed by atoms with E-state index in [4.69, 9.17) is 10.6 Å². The summed E-state index contributed by atoms with van der Waals surface area (Å²) >= 11 is 0. The van der Waals surface area contributed by atoms with E-state index in [1.54, 1.807) is 0 Å². The summed E-state index contributed by atoms with van der Waals surface area (Å²) in [7, 11) is 1.47. The molecule has 1 heterocycles. The van der Waals surface area contributed by atoms with Crippen molar-refractivity contribution < 1.29 is 9.47 Å². The molecule has 0 aliphatic heterocycles. The first-order valence-electron chi connectivity index (χ1n) is 5.24. The smallest absolute Gasteiger partial charge is 0.199 e. The Balaban J connectivity index is 2.43. The molecular weight excluding hydrogens is 234 g/mol. The van der Waals surface area contributed by atoms with E-state index in [2.05, 4.69) is 25.4 Å². The van der Waals surface area contributed by atoms with Crippen molar-refractivity contribution in [3.63, 3.8) is 0 Å². The number of aryl methyl sites for hydroxylation is 1. The number of hydrogen-bond acceptors (Lipinski definition) is 6. The van der Waals surface area contributed by atoms with Crippen LogP contribution in [-0.4, -0.2) is 23.3 Å². The number of anilines is 1. The maximum atomic E-state index is 5.62. The predicted octanol–water partition coefficient (Wildman–Crippen LogP) is 1.19. The predicted molar refractivity (Wildman–Crippen MR) is 66.2 cm³/mol. The molecule has 1 aromatic carbocycles. The van der Waals surface area contributed by atoms with Gasteiger partial charge in [-0.2, -0.15) is 0 Å². The average molecular weight is 247 g/mol. The summed E-state index contributed by atoms with van der Waals surface area (Å²) in [4.78, 5) is 9.24. The third-order valence-electron chi connectivity index (χ3n) is 2.28. The summed E-state index contributed by atoms with van der Waals surface area (Å²) in [5, 5.41) is 7.18. The summed E-state index contributed by atoms with van der Waals surface area (Å²) in [5.74, 6) is 0.484. The van der Waals surface area contributed by atoms with Gasteiger partial charge >= 0.3 is 0 Å². The van der Waals surface area contributed by atoms with Crippen molar-refractivity contribution in [1.82, 2.24) is 15.8 Å². The molecule has 2 rings (SSSR count). The quantitative estimate of drug-likeness (QED) is 0.480. The molecule has 0 aliphatic rings. The van der Waals surface area contributed by atoms with Crippen LogP contribution in [0.1, 0.15) is 11.3 Å². The topological polar surface area (TPSA) is 98.6 Å². The van der Waals surface area contributed by atoms with E-state index in [9.17, 15) is 0 Å². The fraction of sp³-hybridized carbons (Fsp3) is 0.182. The van der Waals surface area contributed by atoms with Crippen LogP contribution < -0.4 is 11.2 Å². The van der Waals surface area contributed by atoms with Gasteiger partial charge in [0.25, 0.3) is 0 Å². The van der Waals surface area contributed by atoms with Crippen LogP contribution in [0.2, 0.25) is 0 Å². The second-order valence-corrected chi connectivity index (χ2v) is 3.55. The molecule has 0 amide bonds. The van der Waals surface area contributed by atoms with E-state index >= 15 is 0 Å². The van der Waals surface area contributed by atoms with E-state index in [1.807, 2.05) is 31.2 Å². The van der Waals surface area contributed by atoms with Crippen molar-refractivity contribution in [3.05, 3.63) is 35.5 Å². The Labute approximate surface area is 104 Å². The Morgan fingerprint density at radius 3 is 2.78 bits per heavy atom. The summed E-state index contributed by atoms with van der Waals surface area (Å²) in [6.07, 6.45) is 0. The van der Waals surface area contributed by atoms with Gasteiger partial charge in [0.1, 0.15) is 0 Å². The van der Waals surface area contributed by atoms with Gasteiger partial charge in [0, 0.05) is 0 Å². The Kier molecular flexibility index (Phi) is 3.54. The number of aliphatic imine (C=N–C) groups is 1. The highest BCUT2D eigenvalue weighted by Crippen LogP contribution is 2.18. The lowest BCUT2D eigenvalue weighted by Gasteiger charge is -2.06. The van der Waals surface area contributed by atoms with Crippen LogP contribution >= 0.6 is 0 Å². The van der Waals surface area contributed by atoms with Crippen molar-refractivity contribution in [2.45, 2.75) is 6.92 Å². The molecule has 0 bridgehead atoms. The van der Waals surface area contributed by atoms with Gasteiger partial charge in [-0.1, -0.05) is 18.2 Å². The van der Waals surface area contributed by atoms with Gasteiger partial charge in [-0.25, -0.2) is 15.1 Å². The van der Waals surface area contributed by atoms with Gasteiger partial charge in [-0.3, -0.25) is 4.84 Å². The summed E-state index contributed by atoms with van der Waals surface area (Å²) in [6, 6.07) is 7.65. The summed E-state index contributed by atoms with van der Waals surface area (Å²) in [5.41, 5.74) is 10.3. The Bertz CT molecular complexity index is 564. The molecule has 2 aromatic rings. The van der Waals surface area contributed by atoms with E-state index in [1.165, 1.54) is 7.11 Å². The van der Waals surface area contributed by atoms with Gasteiger partial charge in [0.15, 0.2) is 17.3 Å². The fourth-order valence-electron chi connectivity index (χ4n) is 1.39. The summed E-state index contributed by atoms with van der Waals surface area (Å²) in [6.45, 7) is 1.95. The largest absolute Gasteiger partial charge is 0.379 e. The molecule has 0 aliphatic carbocycles. The lowest BCUT2D eigenvalue weighted by Crippen LogP contribution is -2.24. The number of benzene rings is 1. The third-order valence-corrected chi connectivity index (χ3v) is 2.28. The molecule has 3 N–H and O–H groups in total. The molecule has 0 atom stereocenters. The number of nitrogens with two attached hydrogens (primary N) is 1. The first-order valence-corrected chi connectivity index (χ1v) is 5.24. The first-order chi connectivity index (χ1) is 8.72. The van der Waals surface area contributed by atoms with Gasteiger partial charge in [0.05, 0.1) is 12.8 Å². The van der Waals surface area contributed by atoms with E-state index in [0.717, 1.165) is 11.3 Å². The second kappa shape index (κ2) is 5.28. The van der Waals surface area contributed by atoms with Crippen LogP contribution in [0.5, 0.6) is 0 Å². The number of para-hydroxylation sites is 1. The average Bonchev–Trinajstić information content (AvgIpc) is 2.78. The zero-order chi connectivity index (χ0) is 13.0. The highest BCUT2D eigenvalue weighted by atomic mass is 16.6. The zero-order valence-corrected chi connectivity index (χ0v) is 10.0. The standard InChI is InChI=1S/C11H13N5O2/c1-7-5-3-4-6-8(7)13-11(16-17-2)9-10(12)15-18-14-9/h3-6H,1-2H3,(H2,12,15)(H,13,16). The number of rotatable bonds is 3. The number of nitrogen functional groups attached to an aromatic ring is 1. The van der Waals surface area contributed by atoms with Crippen molar-refractivity contribution >= 4 is 17.3 Å². The Morgan fingerprint density at radius 1 is 1.39 bits per heavy atom.